The van der Waals surface area contributed by atoms with E-state index in [1.165, 1.54) is 25.8 Å². The van der Waals surface area contributed by atoms with Crippen LogP contribution in [0.25, 0.3) is 5.69 Å². The average molecular weight is 426 g/mol. The van der Waals surface area contributed by atoms with Gasteiger partial charge in [0.2, 0.25) is 0 Å². The molecule has 30 heavy (non-hydrogen) atoms. The summed E-state index contributed by atoms with van der Waals surface area (Å²) in [6, 6.07) is 13.9. The van der Waals surface area contributed by atoms with Crippen molar-refractivity contribution < 1.29 is 19.1 Å². The molecule has 9 heteroatoms. The average Bonchev–Trinajstić information content (AvgIpc) is 3.14. The van der Waals surface area contributed by atoms with Crippen molar-refractivity contribution in [2.24, 2.45) is 0 Å². The third-order valence-corrected chi connectivity index (χ3v) is 4.99. The van der Waals surface area contributed by atoms with Crippen LogP contribution >= 0.6 is 11.8 Å². The van der Waals surface area contributed by atoms with Crippen molar-refractivity contribution in [1.82, 2.24) is 14.8 Å². The van der Waals surface area contributed by atoms with Crippen molar-refractivity contribution in [3.63, 3.8) is 0 Å². The van der Waals surface area contributed by atoms with Gasteiger partial charge in [-0.2, -0.15) is 0 Å². The number of rotatable bonds is 7. The van der Waals surface area contributed by atoms with E-state index in [0.29, 0.717) is 17.0 Å². The third-order valence-electron chi connectivity index (χ3n) is 4.36. The number of hydrogen-bond donors (Lipinski definition) is 1. The number of aromatic nitrogens is 3. The van der Waals surface area contributed by atoms with Crippen molar-refractivity contribution in [3.8, 4) is 11.4 Å². The summed E-state index contributed by atoms with van der Waals surface area (Å²) in [6.07, 6.45) is 0.939. The minimum absolute atomic E-state index is 0.340. The zero-order chi connectivity index (χ0) is 21.7. The SMILES string of the molecule is COc1ccccc1NC(=O)C(C)OC(=O)c1ccc(-n2c(C)nnc2SC)cc1. The fourth-order valence-corrected chi connectivity index (χ4v) is 3.33. The van der Waals surface area contributed by atoms with Crippen molar-refractivity contribution >= 4 is 29.3 Å². The number of para-hydroxylation sites is 2. The fourth-order valence-electron chi connectivity index (χ4n) is 2.78. The molecule has 1 N–H and O–H groups in total. The quantitative estimate of drug-likeness (QED) is 0.456. The maximum absolute atomic E-state index is 12.5. The summed E-state index contributed by atoms with van der Waals surface area (Å²) in [4.78, 5) is 24.9. The molecule has 156 valence electrons. The predicted octanol–water partition coefficient (Wildman–Crippen LogP) is 3.49. The molecule has 0 spiro atoms. The van der Waals surface area contributed by atoms with E-state index in [9.17, 15) is 9.59 Å². The Bertz CT molecular complexity index is 1050. The molecule has 3 rings (SSSR count). The van der Waals surface area contributed by atoms with Crippen LogP contribution in [0.1, 0.15) is 23.1 Å². The van der Waals surface area contributed by atoms with Gasteiger partial charge in [-0.25, -0.2) is 4.79 Å². The van der Waals surface area contributed by atoms with Crippen LogP contribution in [0.2, 0.25) is 0 Å². The van der Waals surface area contributed by atoms with Gasteiger partial charge in [-0.1, -0.05) is 23.9 Å². The number of benzene rings is 2. The van der Waals surface area contributed by atoms with Crippen LogP contribution in [0.4, 0.5) is 5.69 Å². The highest BCUT2D eigenvalue weighted by atomic mass is 32.2. The molecule has 1 heterocycles. The Morgan fingerprint density at radius 2 is 1.80 bits per heavy atom. The van der Waals surface area contributed by atoms with Gasteiger partial charge in [0, 0.05) is 5.69 Å². The van der Waals surface area contributed by atoms with Crippen LogP contribution in [0.5, 0.6) is 5.75 Å². The number of thioether (sulfide) groups is 1. The summed E-state index contributed by atoms with van der Waals surface area (Å²) in [5.41, 5.74) is 1.68. The van der Waals surface area contributed by atoms with Crippen LogP contribution in [-0.4, -0.2) is 46.1 Å². The van der Waals surface area contributed by atoms with Crippen molar-refractivity contribution in [2.45, 2.75) is 25.1 Å². The fraction of sp³-hybridized carbons (Fsp3) is 0.238. The number of esters is 1. The molecule has 3 aromatic rings. The van der Waals surface area contributed by atoms with Crippen LogP contribution in [0.3, 0.4) is 0 Å². The highest BCUT2D eigenvalue weighted by Gasteiger charge is 2.20. The van der Waals surface area contributed by atoms with Gasteiger partial charge in [0.15, 0.2) is 11.3 Å². The van der Waals surface area contributed by atoms with Crippen molar-refractivity contribution in [1.29, 1.82) is 0 Å². The molecule has 0 aliphatic carbocycles. The van der Waals surface area contributed by atoms with Crippen molar-refractivity contribution in [3.05, 3.63) is 59.9 Å². The summed E-state index contributed by atoms with van der Waals surface area (Å²) in [5.74, 6) is 0.231. The monoisotopic (exact) mass is 426 g/mol. The van der Waals surface area contributed by atoms with Gasteiger partial charge < -0.3 is 14.8 Å². The number of carbonyl (C=O) groups excluding carboxylic acids is 2. The Kier molecular flexibility index (Phi) is 6.73. The summed E-state index contributed by atoms with van der Waals surface area (Å²) in [7, 11) is 1.52. The van der Waals surface area contributed by atoms with Gasteiger partial charge in [-0.3, -0.25) is 9.36 Å². The molecule has 0 bridgehead atoms. The molecule has 0 aliphatic heterocycles. The van der Waals surface area contributed by atoms with E-state index in [1.54, 1.807) is 48.5 Å². The number of amides is 1. The molecule has 0 saturated carbocycles. The lowest BCUT2D eigenvalue weighted by atomic mass is 10.2. The minimum atomic E-state index is -0.981. The third kappa shape index (κ3) is 4.62. The molecule has 1 amide bonds. The molecule has 0 aliphatic rings. The summed E-state index contributed by atoms with van der Waals surface area (Å²) >= 11 is 1.48. The van der Waals surface area contributed by atoms with Gasteiger partial charge >= 0.3 is 5.97 Å². The minimum Gasteiger partial charge on any atom is -0.495 e. The van der Waals surface area contributed by atoms with E-state index in [2.05, 4.69) is 15.5 Å². The van der Waals surface area contributed by atoms with Crippen molar-refractivity contribution in [2.75, 3.05) is 18.7 Å². The number of nitrogens with zero attached hydrogens (tertiary/aromatic N) is 3. The number of hydrogen-bond acceptors (Lipinski definition) is 7. The highest BCUT2D eigenvalue weighted by Crippen LogP contribution is 2.23. The first-order valence-electron chi connectivity index (χ1n) is 9.16. The lowest BCUT2D eigenvalue weighted by Gasteiger charge is -2.15. The summed E-state index contributed by atoms with van der Waals surface area (Å²) in [6.45, 7) is 3.37. The van der Waals surface area contributed by atoms with Crippen LogP contribution < -0.4 is 10.1 Å². The molecule has 0 fully saturated rings. The Morgan fingerprint density at radius 1 is 1.10 bits per heavy atom. The van der Waals surface area contributed by atoms with E-state index in [-0.39, 0.29) is 0 Å². The smallest absolute Gasteiger partial charge is 0.338 e. The largest absolute Gasteiger partial charge is 0.495 e. The number of anilines is 1. The first-order valence-corrected chi connectivity index (χ1v) is 10.4. The Balaban J connectivity index is 1.66. The van der Waals surface area contributed by atoms with Gasteiger partial charge in [0.25, 0.3) is 5.91 Å². The zero-order valence-electron chi connectivity index (χ0n) is 17.1. The first-order chi connectivity index (χ1) is 14.4. The van der Waals surface area contributed by atoms with Gasteiger partial charge in [0.1, 0.15) is 11.6 Å². The zero-order valence-corrected chi connectivity index (χ0v) is 17.9. The first kappa shape index (κ1) is 21.4. The Labute approximate surface area is 178 Å². The molecule has 2 aromatic carbocycles. The number of aryl methyl sites for hydroxylation is 1. The molecule has 0 radical (unpaired) electrons. The second kappa shape index (κ2) is 9.45. The normalized spacial score (nSPS) is 11.6. The van der Waals surface area contributed by atoms with Gasteiger partial charge in [-0.05, 0) is 56.5 Å². The lowest BCUT2D eigenvalue weighted by molar-refractivity contribution is -0.123. The highest BCUT2D eigenvalue weighted by molar-refractivity contribution is 7.98. The van der Waals surface area contributed by atoms with Crippen LogP contribution in [0, 0.1) is 6.92 Å². The molecule has 0 saturated heterocycles. The Morgan fingerprint density at radius 3 is 2.47 bits per heavy atom. The van der Waals surface area contributed by atoms with E-state index < -0.39 is 18.0 Å². The molecular weight excluding hydrogens is 404 g/mol. The summed E-state index contributed by atoms with van der Waals surface area (Å²) in [5, 5.41) is 11.6. The lowest BCUT2D eigenvalue weighted by Crippen LogP contribution is -2.30. The predicted molar refractivity (Wildman–Crippen MR) is 114 cm³/mol. The van der Waals surface area contributed by atoms with E-state index in [1.807, 2.05) is 17.7 Å². The standard InChI is InChI=1S/C21H22N4O4S/c1-13(19(26)22-17-7-5-6-8-18(17)28-3)29-20(27)15-9-11-16(12-10-15)25-14(2)23-24-21(25)30-4/h5-13H,1-4H3,(H,22,26). The molecule has 1 aromatic heterocycles. The molecule has 1 unspecified atom stereocenters. The molecular formula is C21H22N4O4S. The van der Waals surface area contributed by atoms with E-state index >= 15 is 0 Å². The molecule has 1 atom stereocenters. The van der Waals surface area contributed by atoms with E-state index in [4.69, 9.17) is 9.47 Å². The second-order valence-corrected chi connectivity index (χ2v) is 7.13. The van der Waals surface area contributed by atoms with Gasteiger partial charge in [-0.15, -0.1) is 10.2 Å². The van der Waals surface area contributed by atoms with Crippen LogP contribution in [-0.2, 0) is 9.53 Å². The maximum atomic E-state index is 12.5. The number of ether oxygens (including phenoxy) is 2. The van der Waals surface area contributed by atoms with Gasteiger partial charge in [0.05, 0.1) is 18.4 Å². The molecule has 8 nitrogen and oxygen atoms in total. The second-order valence-electron chi connectivity index (χ2n) is 6.35. The number of carbonyl (C=O) groups is 2. The van der Waals surface area contributed by atoms with E-state index in [0.717, 1.165) is 16.7 Å². The number of methoxy groups -OCH3 is 1. The van der Waals surface area contributed by atoms with Crippen LogP contribution in [0.15, 0.2) is 53.7 Å². The maximum Gasteiger partial charge on any atom is 0.338 e. The Hall–Kier alpha value is -3.33. The number of nitrogens with one attached hydrogen (secondary N) is 1. The summed E-state index contributed by atoms with van der Waals surface area (Å²) < 4.78 is 12.4. The topological polar surface area (TPSA) is 95.3 Å².